The third-order valence-electron chi connectivity index (χ3n) is 5.36. The van der Waals surface area contributed by atoms with E-state index < -0.39 is 0 Å². The standard InChI is InChI=1S/C18H35P/c1-2-3-16-19(17-12-8-4-5-9-13-17)18-14-10-6-7-11-15-18/h17-18H,2-16H2,1H3. The van der Waals surface area contributed by atoms with Gasteiger partial charge in [0.2, 0.25) is 0 Å². The molecule has 0 nitrogen and oxygen atoms in total. The first kappa shape index (κ1) is 15.8. The molecule has 2 rings (SSSR count). The summed E-state index contributed by atoms with van der Waals surface area (Å²) in [5.74, 6) is 0. The van der Waals surface area contributed by atoms with Crippen molar-refractivity contribution < 1.29 is 0 Å². The monoisotopic (exact) mass is 282 g/mol. The summed E-state index contributed by atoms with van der Waals surface area (Å²) < 4.78 is 0. The van der Waals surface area contributed by atoms with E-state index >= 15 is 0 Å². The normalized spacial score (nSPS) is 24.3. The minimum Gasteiger partial charge on any atom is -0.100 e. The Hall–Kier alpha value is 0.430. The van der Waals surface area contributed by atoms with Crippen LogP contribution in [0.4, 0.5) is 0 Å². The summed E-state index contributed by atoms with van der Waals surface area (Å²) >= 11 is 0. The van der Waals surface area contributed by atoms with Crippen molar-refractivity contribution in [2.75, 3.05) is 6.16 Å². The maximum Gasteiger partial charge on any atom is -0.0207 e. The molecule has 0 atom stereocenters. The van der Waals surface area contributed by atoms with Crippen LogP contribution >= 0.6 is 7.92 Å². The van der Waals surface area contributed by atoms with Gasteiger partial charge in [0, 0.05) is 0 Å². The number of unbranched alkanes of at least 4 members (excludes halogenated alkanes) is 1. The van der Waals surface area contributed by atoms with E-state index in [-0.39, 0.29) is 0 Å². The van der Waals surface area contributed by atoms with Gasteiger partial charge in [-0.15, -0.1) is 7.92 Å². The van der Waals surface area contributed by atoms with Crippen molar-refractivity contribution in [1.29, 1.82) is 0 Å². The van der Waals surface area contributed by atoms with Crippen LogP contribution in [0.15, 0.2) is 0 Å². The number of hydrogen-bond acceptors (Lipinski definition) is 0. The van der Waals surface area contributed by atoms with E-state index in [0.717, 1.165) is 11.3 Å². The van der Waals surface area contributed by atoms with Crippen molar-refractivity contribution in [1.82, 2.24) is 0 Å². The number of rotatable bonds is 5. The summed E-state index contributed by atoms with van der Waals surface area (Å²) in [7, 11) is 0.363. The second-order valence-corrected chi connectivity index (χ2v) is 9.82. The molecule has 2 saturated carbocycles. The van der Waals surface area contributed by atoms with Crippen molar-refractivity contribution in [3.05, 3.63) is 0 Å². The highest BCUT2D eigenvalue weighted by atomic mass is 31.1. The van der Waals surface area contributed by atoms with Crippen LogP contribution in [0.5, 0.6) is 0 Å². The quantitative estimate of drug-likeness (QED) is 0.388. The van der Waals surface area contributed by atoms with Gasteiger partial charge >= 0.3 is 0 Å². The molecular formula is C18H35P. The lowest BCUT2D eigenvalue weighted by molar-refractivity contribution is 0.659. The van der Waals surface area contributed by atoms with Gasteiger partial charge in [-0.2, -0.15) is 0 Å². The summed E-state index contributed by atoms with van der Waals surface area (Å²) in [5, 5.41) is 0. The van der Waals surface area contributed by atoms with E-state index in [1.807, 2.05) is 0 Å². The molecular weight excluding hydrogens is 247 g/mol. The Balaban J connectivity index is 1.95. The maximum absolute atomic E-state index is 2.38. The average Bonchev–Trinajstić information content (AvgIpc) is 2.84. The molecule has 112 valence electrons. The fraction of sp³-hybridized carbons (Fsp3) is 1.00. The fourth-order valence-electron chi connectivity index (χ4n) is 4.18. The second-order valence-electron chi connectivity index (χ2n) is 6.88. The van der Waals surface area contributed by atoms with E-state index in [1.54, 1.807) is 57.5 Å². The van der Waals surface area contributed by atoms with Gasteiger partial charge in [0.25, 0.3) is 0 Å². The lowest BCUT2D eigenvalue weighted by Gasteiger charge is -2.34. The third-order valence-corrected chi connectivity index (χ3v) is 9.10. The molecule has 2 aliphatic rings. The molecule has 0 spiro atoms. The number of hydrogen-bond donors (Lipinski definition) is 0. The Kier molecular flexibility index (Phi) is 7.81. The maximum atomic E-state index is 2.38. The first-order valence-corrected chi connectivity index (χ1v) is 10.8. The highest BCUT2D eigenvalue weighted by molar-refractivity contribution is 7.59. The van der Waals surface area contributed by atoms with E-state index in [9.17, 15) is 0 Å². The van der Waals surface area contributed by atoms with Crippen LogP contribution in [0.3, 0.4) is 0 Å². The summed E-state index contributed by atoms with van der Waals surface area (Å²) in [6, 6.07) is 0. The Morgan fingerprint density at radius 2 is 1.11 bits per heavy atom. The SMILES string of the molecule is CCCCP(C1CCCCCC1)C1CCCCCC1. The van der Waals surface area contributed by atoms with Crippen LogP contribution in [0.2, 0.25) is 0 Å². The predicted octanol–water partition coefficient (Wildman–Crippen LogP) is 6.71. The van der Waals surface area contributed by atoms with Gasteiger partial charge in [0.1, 0.15) is 0 Å². The topological polar surface area (TPSA) is 0 Å². The minimum absolute atomic E-state index is 0.363. The van der Waals surface area contributed by atoms with E-state index in [1.165, 1.54) is 38.5 Å². The van der Waals surface area contributed by atoms with E-state index in [4.69, 9.17) is 0 Å². The van der Waals surface area contributed by atoms with Crippen LogP contribution in [0.1, 0.15) is 96.8 Å². The Bertz CT molecular complexity index is 190. The zero-order chi connectivity index (χ0) is 13.3. The van der Waals surface area contributed by atoms with Gasteiger partial charge in [0.15, 0.2) is 0 Å². The van der Waals surface area contributed by atoms with Crippen molar-refractivity contribution in [3.63, 3.8) is 0 Å². The molecule has 0 aromatic carbocycles. The molecule has 0 unspecified atom stereocenters. The smallest absolute Gasteiger partial charge is 0.0207 e. The van der Waals surface area contributed by atoms with Crippen LogP contribution in [0, 0.1) is 0 Å². The van der Waals surface area contributed by atoms with Gasteiger partial charge in [-0.3, -0.25) is 0 Å². The fourth-order valence-corrected chi connectivity index (χ4v) is 8.25. The molecule has 0 N–H and O–H groups in total. The molecule has 0 aromatic heterocycles. The van der Waals surface area contributed by atoms with Gasteiger partial charge in [-0.1, -0.05) is 64.7 Å². The third kappa shape index (κ3) is 5.37. The highest BCUT2D eigenvalue weighted by Gasteiger charge is 2.29. The lowest BCUT2D eigenvalue weighted by atomic mass is 10.2. The average molecular weight is 282 g/mol. The summed E-state index contributed by atoms with van der Waals surface area (Å²) in [6.07, 6.45) is 23.2. The zero-order valence-electron chi connectivity index (χ0n) is 13.2. The van der Waals surface area contributed by atoms with Crippen LogP contribution < -0.4 is 0 Å². The Morgan fingerprint density at radius 3 is 1.47 bits per heavy atom. The molecule has 0 radical (unpaired) electrons. The first-order valence-electron chi connectivity index (χ1n) is 9.17. The van der Waals surface area contributed by atoms with E-state index in [0.29, 0.717) is 7.92 Å². The molecule has 2 fully saturated rings. The van der Waals surface area contributed by atoms with Crippen molar-refractivity contribution in [3.8, 4) is 0 Å². The van der Waals surface area contributed by atoms with Crippen LogP contribution in [-0.2, 0) is 0 Å². The van der Waals surface area contributed by atoms with Gasteiger partial charge < -0.3 is 0 Å². The predicted molar refractivity (Wildman–Crippen MR) is 89.7 cm³/mol. The summed E-state index contributed by atoms with van der Waals surface area (Å²) in [6.45, 7) is 2.38. The van der Waals surface area contributed by atoms with Gasteiger partial charge in [-0.25, -0.2) is 0 Å². The lowest BCUT2D eigenvalue weighted by Crippen LogP contribution is -2.17. The minimum atomic E-state index is 0.363. The Morgan fingerprint density at radius 1 is 0.684 bits per heavy atom. The van der Waals surface area contributed by atoms with Gasteiger partial charge in [0.05, 0.1) is 0 Å². The summed E-state index contributed by atoms with van der Waals surface area (Å²) in [4.78, 5) is 0. The second kappa shape index (κ2) is 9.38. The van der Waals surface area contributed by atoms with Crippen LogP contribution in [-0.4, -0.2) is 17.5 Å². The first-order chi connectivity index (χ1) is 9.42. The largest absolute Gasteiger partial charge is 0.100 e. The van der Waals surface area contributed by atoms with Crippen molar-refractivity contribution in [2.24, 2.45) is 0 Å². The van der Waals surface area contributed by atoms with Gasteiger partial charge in [-0.05, 0) is 49.6 Å². The van der Waals surface area contributed by atoms with E-state index in [2.05, 4.69) is 6.92 Å². The van der Waals surface area contributed by atoms with Crippen molar-refractivity contribution in [2.45, 2.75) is 108 Å². The molecule has 0 aliphatic heterocycles. The molecule has 19 heavy (non-hydrogen) atoms. The van der Waals surface area contributed by atoms with Crippen LogP contribution in [0.25, 0.3) is 0 Å². The molecule has 0 bridgehead atoms. The summed E-state index contributed by atoms with van der Waals surface area (Å²) in [5.41, 5.74) is 2.32. The molecule has 2 aliphatic carbocycles. The van der Waals surface area contributed by atoms with Crippen molar-refractivity contribution >= 4 is 7.92 Å². The molecule has 1 heteroatoms. The highest BCUT2D eigenvalue weighted by Crippen LogP contribution is 2.55. The molecule has 0 aromatic rings. The molecule has 0 saturated heterocycles. The molecule has 0 heterocycles. The molecule has 0 amide bonds. The zero-order valence-corrected chi connectivity index (χ0v) is 14.1. The Labute approximate surface area is 122 Å².